The molecule has 0 aromatic carbocycles. The smallest absolute Gasteiger partial charge is 0.132 e. The van der Waals surface area contributed by atoms with Gasteiger partial charge in [-0.1, -0.05) is 29.3 Å². The highest BCUT2D eigenvalue weighted by molar-refractivity contribution is 9.09. The molecule has 17 heavy (non-hydrogen) atoms. The molecule has 1 aliphatic rings. The molecule has 1 aromatic heterocycles. The Hall–Kier alpha value is -0.680. The first-order chi connectivity index (χ1) is 8.35. The van der Waals surface area contributed by atoms with Crippen molar-refractivity contribution in [3.63, 3.8) is 0 Å². The van der Waals surface area contributed by atoms with Crippen molar-refractivity contribution in [2.45, 2.75) is 25.8 Å². The van der Waals surface area contributed by atoms with Gasteiger partial charge in [-0.25, -0.2) is 9.97 Å². The third kappa shape index (κ3) is 3.16. The van der Waals surface area contributed by atoms with Crippen LogP contribution >= 0.6 is 15.9 Å². The summed E-state index contributed by atoms with van der Waals surface area (Å²) in [5.41, 5.74) is 1.12. The van der Waals surface area contributed by atoms with Crippen molar-refractivity contribution in [1.29, 1.82) is 0 Å². The van der Waals surface area contributed by atoms with Gasteiger partial charge in [0.1, 0.15) is 12.1 Å². The van der Waals surface area contributed by atoms with E-state index in [9.17, 15) is 0 Å². The summed E-state index contributed by atoms with van der Waals surface area (Å²) in [5.74, 6) is 1.02. The Morgan fingerprint density at radius 2 is 2.41 bits per heavy atom. The van der Waals surface area contributed by atoms with Crippen LogP contribution in [0.1, 0.15) is 19.0 Å². The second-order valence-electron chi connectivity index (χ2n) is 4.19. The highest BCUT2D eigenvalue weighted by atomic mass is 79.9. The maximum Gasteiger partial charge on any atom is 0.132 e. The Bertz CT molecular complexity index is 361. The Kier molecular flexibility index (Phi) is 4.74. The lowest BCUT2D eigenvalue weighted by Gasteiger charge is -2.35. The van der Waals surface area contributed by atoms with Crippen molar-refractivity contribution in [3.8, 4) is 0 Å². The number of morpholine rings is 1. The molecule has 0 aliphatic carbocycles. The maximum atomic E-state index is 5.49. The van der Waals surface area contributed by atoms with E-state index in [0.717, 1.165) is 49.4 Å². The summed E-state index contributed by atoms with van der Waals surface area (Å²) >= 11 is 3.53. The first-order valence-electron chi connectivity index (χ1n) is 6.06. The maximum absolute atomic E-state index is 5.49. The zero-order valence-corrected chi connectivity index (χ0v) is 11.7. The van der Waals surface area contributed by atoms with Crippen LogP contribution in [0.3, 0.4) is 0 Å². The highest BCUT2D eigenvalue weighted by Gasteiger charge is 2.23. The van der Waals surface area contributed by atoms with Crippen LogP contribution < -0.4 is 4.90 Å². The van der Waals surface area contributed by atoms with Crippen molar-refractivity contribution >= 4 is 21.7 Å². The molecule has 94 valence electrons. The SMILES string of the molecule is CCCc1cc(N2CCOCC2CBr)ncn1. The molecular formula is C12H18BrN3O. The summed E-state index contributed by atoms with van der Waals surface area (Å²) in [5, 5.41) is 0.903. The van der Waals surface area contributed by atoms with E-state index in [0.29, 0.717) is 6.04 Å². The molecule has 5 heteroatoms. The van der Waals surface area contributed by atoms with E-state index in [4.69, 9.17) is 4.74 Å². The molecule has 1 fully saturated rings. The fourth-order valence-electron chi connectivity index (χ4n) is 2.02. The molecular weight excluding hydrogens is 282 g/mol. The first-order valence-corrected chi connectivity index (χ1v) is 7.18. The number of hydrogen-bond acceptors (Lipinski definition) is 4. The summed E-state index contributed by atoms with van der Waals surface area (Å²) in [6.07, 6.45) is 3.79. The number of halogens is 1. The first kappa shape index (κ1) is 12.8. The van der Waals surface area contributed by atoms with Gasteiger partial charge in [0, 0.05) is 23.6 Å². The van der Waals surface area contributed by atoms with Gasteiger partial charge in [-0.15, -0.1) is 0 Å². The average Bonchev–Trinajstić information content (AvgIpc) is 2.39. The molecule has 2 rings (SSSR count). The number of aryl methyl sites for hydroxylation is 1. The van der Waals surface area contributed by atoms with Crippen molar-refractivity contribution in [2.24, 2.45) is 0 Å². The van der Waals surface area contributed by atoms with Crippen molar-refractivity contribution < 1.29 is 4.74 Å². The fourth-order valence-corrected chi connectivity index (χ4v) is 2.56. The normalized spacial score (nSPS) is 20.6. The highest BCUT2D eigenvalue weighted by Crippen LogP contribution is 2.19. The Balaban J connectivity index is 2.16. The molecule has 1 aromatic rings. The van der Waals surface area contributed by atoms with Crippen LogP contribution in [-0.2, 0) is 11.2 Å². The summed E-state index contributed by atoms with van der Waals surface area (Å²) in [6.45, 7) is 4.60. The predicted molar refractivity (Wildman–Crippen MR) is 71.8 cm³/mol. The number of ether oxygens (including phenoxy) is 1. The largest absolute Gasteiger partial charge is 0.377 e. The van der Waals surface area contributed by atoms with Crippen molar-refractivity contribution in [3.05, 3.63) is 18.1 Å². The van der Waals surface area contributed by atoms with Crippen LogP contribution in [0.2, 0.25) is 0 Å². The summed E-state index contributed by atoms with van der Waals surface area (Å²) < 4.78 is 5.49. The quantitative estimate of drug-likeness (QED) is 0.798. The lowest BCUT2D eigenvalue weighted by atomic mass is 10.2. The Labute approximate surface area is 111 Å². The number of nitrogens with zero attached hydrogens (tertiary/aromatic N) is 3. The number of rotatable bonds is 4. The third-order valence-electron chi connectivity index (χ3n) is 2.92. The fraction of sp³-hybridized carbons (Fsp3) is 0.667. The van der Waals surface area contributed by atoms with E-state index in [1.54, 1.807) is 6.33 Å². The van der Waals surface area contributed by atoms with Crippen LogP contribution in [-0.4, -0.2) is 41.1 Å². The van der Waals surface area contributed by atoms with Gasteiger partial charge in [0.15, 0.2) is 0 Å². The summed E-state index contributed by atoms with van der Waals surface area (Å²) in [7, 11) is 0. The second kappa shape index (κ2) is 6.31. The van der Waals surface area contributed by atoms with Gasteiger partial charge < -0.3 is 9.64 Å². The monoisotopic (exact) mass is 299 g/mol. The molecule has 0 spiro atoms. The van der Waals surface area contributed by atoms with E-state index in [-0.39, 0.29) is 0 Å². The number of aromatic nitrogens is 2. The molecule has 1 atom stereocenters. The van der Waals surface area contributed by atoms with E-state index >= 15 is 0 Å². The molecule has 0 amide bonds. The second-order valence-corrected chi connectivity index (χ2v) is 4.84. The van der Waals surface area contributed by atoms with Crippen molar-refractivity contribution in [2.75, 3.05) is 30.0 Å². The Morgan fingerprint density at radius 3 is 3.18 bits per heavy atom. The molecule has 0 bridgehead atoms. The number of alkyl halides is 1. The van der Waals surface area contributed by atoms with Gasteiger partial charge in [-0.3, -0.25) is 0 Å². The molecule has 0 radical (unpaired) electrons. The van der Waals surface area contributed by atoms with Gasteiger partial charge in [0.2, 0.25) is 0 Å². The molecule has 2 heterocycles. The van der Waals surface area contributed by atoms with Gasteiger partial charge in [0.05, 0.1) is 19.3 Å². The summed E-state index contributed by atoms with van der Waals surface area (Å²) in [6, 6.07) is 2.47. The molecule has 1 aliphatic heterocycles. The van der Waals surface area contributed by atoms with E-state index in [1.165, 1.54) is 0 Å². The van der Waals surface area contributed by atoms with Gasteiger partial charge in [-0.2, -0.15) is 0 Å². The standard InChI is InChI=1S/C12H18BrN3O/c1-2-3-10-6-12(15-9-14-10)16-4-5-17-8-11(16)7-13/h6,9,11H,2-5,7-8H2,1H3. The lowest BCUT2D eigenvalue weighted by Crippen LogP contribution is -2.47. The average molecular weight is 300 g/mol. The molecule has 0 N–H and O–H groups in total. The zero-order chi connectivity index (χ0) is 12.1. The van der Waals surface area contributed by atoms with Crippen LogP contribution in [0, 0.1) is 0 Å². The minimum atomic E-state index is 0.369. The van der Waals surface area contributed by atoms with Crippen LogP contribution in [0.15, 0.2) is 12.4 Å². The minimum absolute atomic E-state index is 0.369. The number of hydrogen-bond donors (Lipinski definition) is 0. The molecule has 0 saturated carbocycles. The third-order valence-corrected chi connectivity index (χ3v) is 3.66. The lowest BCUT2D eigenvalue weighted by molar-refractivity contribution is 0.1000. The molecule has 1 unspecified atom stereocenters. The van der Waals surface area contributed by atoms with Crippen LogP contribution in [0.25, 0.3) is 0 Å². The van der Waals surface area contributed by atoms with Gasteiger partial charge in [-0.05, 0) is 6.42 Å². The van der Waals surface area contributed by atoms with Crippen molar-refractivity contribution in [1.82, 2.24) is 9.97 Å². The molecule has 1 saturated heterocycles. The Morgan fingerprint density at radius 1 is 1.53 bits per heavy atom. The van der Waals surface area contributed by atoms with E-state index < -0.39 is 0 Å². The topological polar surface area (TPSA) is 38.2 Å². The van der Waals surface area contributed by atoms with Crippen LogP contribution in [0.4, 0.5) is 5.82 Å². The van der Waals surface area contributed by atoms with Gasteiger partial charge >= 0.3 is 0 Å². The van der Waals surface area contributed by atoms with Gasteiger partial charge in [0.25, 0.3) is 0 Å². The zero-order valence-electron chi connectivity index (χ0n) is 10.1. The van der Waals surface area contributed by atoms with E-state index in [1.807, 2.05) is 0 Å². The predicted octanol–water partition coefficient (Wildman–Crippen LogP) is 2.03. The van der Waals surface area contributed by atoms with Crippen LogP contribution in [0.5, 0.6) is 0 Å². The number of anilines is 1. The van der Waals surface area contributed by atoms with E-state index in [2.05, 4.69) is 43.8 Å². The summed E-state index contributed by atoms with van der Waals surface area (Å²) in [4.78, 5) is 11.0. The molecule has 4 nitrogen and oxygen atoms in total. The minimum Gasteiger partial charge on any atom is -0.377 e.